The van der Waals surface area contributed by atoms with Gasteiger partial charge in [0.2, 0.25) is 0 Å². The molecule has 124 valence electrons. The van der Waals surface area contributed by atoms with Crippen LogP contribution in [0.1, 0.15) is 23.6 Å². The third-order valence-corrected chi connectivity index (χ3v) is 4.59. The van der Waals surface area contributed by atoms with Crippen LogP contribution >= 0.6 is 0 Å². The smallest absolute Gasteiger partial charge is 0.319 e. The first kappa shape index (κ1) is 15.4. The summed E-state index contributed by atoms with van der Waals surface area (Å²) >= 11 is 0. The van der Waals surface area contributed by atoms with E-state index in [1.165, 1.54) is 11.1 Å². The second kappa shape index (κ2) is 6.77. The molecule has 3 aromatic rings. The van der Waals surface area contributed by atoms with Crippen molar-refractivity contribution in [3.8, 4) is 11.1 Å². The van der Waals surface area contributed by atoms with Crippen molar-refractivity contribution < 1.29 is 4.79 Å². The second-order valence-corrected chi connectivity index (χ2v) is 6.20. The molecule has 2 N–H and O–H groups in total. The van der Waals surface area contributed by atoms with Crippen LogP contribution in [0, 0.1) is 0 Å². The highest BCUT2D eigenvalue weighted by molar-refractivity contribution is 5.90. The van der Waals surface area contributed by atoms with Crippen LogP contribution in [0.3, 0.4) is 0 Å². The molecule has 1 aliphatic rings. The fourth-order valence-corrected chi connectivity index (χ4v) is 3.32. The average Bonchev–Trinajstić information content (AvgIpc) is 3.06. The van der Waals surface area contributed by atoms with E-state index in [1.54, 1.807) is 12.4 Å². The van der Waals surface area contributed by atoms with Crippen LogP contribution in [-0.2, 0) is 6.42 Å². The van der Waals surface area contributed by atoms with Crippen molar-refractivity contribution in [2.45, 2.75) is 18.9 Å². The van der Waals surface area contributed by atoms with E-state index in [4.69, 9.17) is 0 Å². The molecule has 4 nitrogen and oxygen atoms in total. The number of pyridine rings is 1. The Bertz CT molecular complexity index is 875. The Morgan fingerprint density at radius 2 is 1.64 bits per heavy atom. The van der Waals surface area contributed by atoms with Crippen LogP contribution in [0.25, 0.3) is 11.1 Å². The van der Waals surface area contributed by atoms with Crippen molar-refractivity contribution >= 4 is 11.7 Å². The minimum absolute atomic E-state index is 0.0901. The molecule has 1 heterocycles. The van der Waals surface area contributed by atoms with Gasteiger partial charge in [-0.25, -0.2) is 4.79 Å². The lowest BCUT2D eigenvalue weighted by atomic mass is 10.1. The van der Waals surface area contributed by atoms with E-state index in [0.29, 0.717) is 0 Å². The number of rotatable bonds is 3. The Morgan fingerprint density at radius 1 is 0.920 bits per heavy atom. The molecule has 0 fully saturated rings. The summed E-state index contributed by atoms with van der Waals surface area (Å²) in [6.07, 6.45) is 5.51. The number of anilines is 1. The molecule has 0 saturated carbocycles. The Hall–Kier alpha value is -3.14. The van der Waals surface area contributed by atoms with Crippen LogP contribution in [0.5, 0.6) is 0 Å². The maximum absolute atomic E-state index is 12.3. The van der Waals surface area contributed by atoms with Crippen molar-refractivity contribution in [2.75, 3.05) is 5.32 Å². The van der Waals surface area contributed by atoms with Gasteiger partial charge >= 0.3 is 6.03 Å². The second-order valence-electron chi connectivity index (χ2n) is 6.20. The Balaban J connectivity index is 1.40. The van der Waals surface area contributed by atoms with Crippen LogP contribution < -0.4 is 10.6 Å². The number of nitrogens with one attached hydrogen (secondary N) is 2. The minimum Gasteiger partial charge on any atom is -0.331 e. The zero-order valence-corrected chi connectivity index (χ0v) is 13.8. The number of nitrogens with zero attached hydrogens (tertiary/aromatic N) is 1. The molecular formula is C21H19N3O. The first-order valence-corrected chi connectivity index (χ1v) is 8.45. The van der Waals surface area contributed by atoms with E-state index in [2.05, 4.69) is 27.8 Å². The number of hydrogen-bond donors (Lipinski definition) is 2. The molecule has 4 heteroatoms. The van der Waals surface area contributed by atoms with Gasteiger partial charge in [-0.2, -0.15) is 0 Å². The fraction of sp³-hybridized carbons (Fsp3) is 0.143. The summed E-state index contributed by atoms with van der Waals surface area (Å²) in [7, 11) is 0. The quantitative estimate of drug-likeness (QED) is 0.740. The van der Waals surface area contributed by atoms with Crippen molar-refractivity contribution in [1.29, 1.82) is 0 Å². The van der Waals surface area contributed by atoms with Crippen molar-refractivity contribution in [3.63, 3.8) is 0 Å². The molecule has 0 radical (unpaired) electrons. The van der Waals surface area contributed by atoms with Gasteiger partial charge in [-0.05, 0) is 59.4 Å². The number of carbonyl (C=O) groups excluding carboxylic acids is 1. The third-order valence-electron chi connectivity index (χ3n) is 4.59. The number of carbonyl (C=O) groups is 1. The van der Waals surface area contributed by atoms with Gasteiger partial charge in [0.1, 0.15) is 0 Å². The normalized spacial score (nSPS) is 15.4. The van der Waals surface area contributed by atoms with Gasteiger partial charge in [0.25, 0.3) is 0 Å². The van der Waals surface area contributed by atoms with E-state index in [0.717, 1.165) is 29.7 Å². The van der Waals surface area contributed by atoms with Gasteiger partial charge in [0.15, 0.2) is 0 Å². The lowest BCUT2D eigenvalue weighted by Crippen LogP contribution is -2.31. The van der Waals surface area contributed by atoms with Crippen molar-refractivity contribution in [3.05, 3.63) is 84.2 Å². The maximum Gasteiger partial charge on any atom is 0.319 e. The van der Waals surface area contributed by atoms with E-state index in [1.807, 2.05) is 48.5 Å². The molecule has 0 bridgehead atoms. The van der Waals surface area contributed by atoms with Crippen molar-refractivity contribution in [1.82, 2.24) is 10.3 Å². The van der Waals surface area contributed by atoms with Gasteiger partial charge in [0.05, 0.1) is 6.04 Å². The largest absolute Gasteiger partial charge is 0.331 e. The summed E-state index contributed by atoms with van der Waals surface area (Å²) in [4.78, 5) is 16.3. The van der Waals surface area contributed by atoms with E-state index in [-0.39, 0.29) is 12.1 Å². The molecule has 0 unspecified atom stereocenters. The molecule has 25 heavy (non-hydrogen) atoms. The molecule has 0 saturated heterocycles. The predicted octanol–water partition coefficient (Wildman–Crippen LogP) is 4.56. The fourth-order valence-electron chi connectivity index (χ4n) is 3.32. The summed E-state index contributed by atoms with van der Waals surface area (Å²) < 4.78 is 0. The Kier molecular flexibility index (Phi) is 4.17. The SMILES string of the molecule is O=C(Nc1ccc(-c2ccncc2)cc1)N[C@H]1CCc2ccccc21. The lowest BCUT2D eigenvalue weighted by Gasteiger charge is -2.15. The van der Waals surface area contributed by atoms with Gasteiger partial charge in [-0.15, -0.1) is 0 Å². The number of fused-ring (bicyclic) bond motifs is 1. The monoisotopic (exact) mass is 329 g/mol. The molecule has 2 amide bonds. The van der Waals surface area contributed by atoms with E-state index < -0.39 is 0 Å². The zero-order valence-electron chi connectivity index (χ0n) is 13.8. The van der Waals surface area contributed by atoms with Crippen LogP contribution in [0.15, 0.2) is 73.1 Å². The maximum atomic E-state index is 12.3. The van der Waals surface area contributed by atoms with Gasteiger partial charge in [0, 0.05) is 18.1 Å². The molecular weight excluding hydrogens is 310 g/mol. The number of hydrogen-bond acceptors (Lipinski definition) is 2. The van der Waals surface area contributed by atoms with Gasteiger partial charge < -0.3 is 10.6 Å². The average molecular weight is 329 g/mol. The highest BCUT2D eigenvalue weighted by Gasteiger charge is 2.23. The highest BCUT2D eigenvalue weighted by atomic mass is 16.2. The number of urea groups is 1. The number of amides is 2. The Labute approximate surface area is 146 Å². The van der Waals surface area contributed by atoms with Crippen LogP contribution in [0.2, 0.25) is 0 Å². The standard InChI is InChI=1S/C21H19N3O/c25-21(24-20-10-7-17-3-1-2-4-19(17)20)23-18-8-5-15(6-9-18)16-11-13-22-14-12-16/h1-6,8-9,11-14,20H,7,10H2,(H2,23,24,25)/t20-/m0/s1. The highest BCUT2D eigenvalue weighted by Crippen LogP contribution is 2.30. The minimum atomic E-state index is -0.168. The summed E-state index contributed by atoms with van der Waals surface area (Å²) in [6, 6.07) is 20.0. The summed E-state index contributed by atoms with van der Waals surface area (Å²) in [5.74, 6) is 0. The molecule has 2 aromatic carbocycles. The predicted molar refractivity (Wildman–Crippen MR) is 99.3 cm³/mol. The van der Waals surface area contributed by atoms with E-state index >= 15 is 0 Å². The number of aromatic nitrogens is 1. The van der Waals surface area contributed by atoms with E-state index in [9.17, 15) is 4.79 Å². The molecule has 1 atom stereocenters. The number of aryl methyl sites for hydroxylation is 1. The third kappa shape index (κ3) is 3.38. The van der Waals surface area contributed by atoms with Crippen LogP contribution in [-0.4, -0.2) is 11.0 Å². The topological polar surface area (TPSA) is 54.0 Å². The van der Waals surface area contributed by atoms with Gasteiger partial charge in [-0.1, -0.05) is 36.4 Å². The van der Waals surface area contributed by atoms with Gasteiger partial charge in [-0.3, -0.25) is 4.98 Å². The first-order valence-electron chi connectivity index (χ1n) is 8.45. The molecule has 1 aromatic heterocycles. The molecule has 4 rings (SSSR count). The number of benzene rings is 2. The first-order chi connectivity index (χ1) is 12.3. The lowest BCUT2D eigenvalue weighted by molar-refractivity contribution is 0.248. The molecule has 0 spiro atoms. The van der Waals surface area contributed by atoms with Crippen LogP contribution in [0.4, 0.5) is 10.5 Å². The summed E-state index contributed by atoms with van der Waals surface area (Å²) in [6.45, 7) is 0. The summed E-state index contributed by atoms with van der Waals surface area (Å²) in [5.41, 5.74) is 5.54. The molecule has 1 aliphatic carbocycles. The molecule has 0 aliphatic heterocycles. The Morgan fingerprint density at radius 3 is 2.44 bits per heavy atom. The zero-order chi connectivity index (χ0) is 17.1. The van der Waals surface area contributed by atoms with Crippen molar-refractivity contribution in [2.24, 2.45) is 0 Å². The summed E-state index contributed by atoms with van der Waals surface area (Å²) in [5, 5.41) is 5.99.